The second-order valence-electron chi connectivity index (χ2n) is 6.61. The van der Waals surface area contributed by atoms with E-state index in [9.17, 15) is 4.57 Å². The number of alkyl halides is 1. The van der Waals surface area contributed by atoms with Crippen LogP contribution in [0.25, 0.3) is 0 Å². The molecule has 1 aliphatic rings. The van der Waals surface area contributed by atoms with Gasteiger partial charge in [0.2, 0.25) is 0 Å². The minimum absolute atomic E-state index is 0.00463. The van der Waals surface area contributed by atoms with E-state index >= 15 is 0 Å². The summed E-state index contributed by atoms with van der Waals surface area (Å²) in [6, 6.07) is 0. The maximum Gasteiger partial charge on any atom is 0.356 e. The van der Waals surface area contributed by atoms with Crippen LogP contribution in [0.3, 0.4) is 0 Å². The SMILES string of the molecule is NC1=NC(Cl)c2ncn(CCOCP(=O)(OCCS(=S)CCO)OCCS(=S)CCO)c2N1. The minimum atomic E-state index is -3.55. The van der Waals surface area contributed by atoms with E-state index in [4.69, 9.17) is 63.7 Å². The molecular weight excluding hydrogens is 553 g/mol. The Balaban J connectivity index is 1.86. The quantitative estimate of drug-likeness (QED) is 0.0863. The molecular formula is C16H29ClN5O6PS4. The number of nitrogens with zero attached hydrogens (tertiary/aromatic N) is 3. The molecule has 17 heteroatoms. The Morgan fingerprint density at radius 2 is 1.76 bits per heavy atom. The van der Waals surface area contributed by atoms with Crippen molar-refractivity contribution in [3.8, 4) is 0 Å². The van der Waals surface area contributed by atoms with Crippen molar-refractivity contribution in [3.63, 3.8) is 0 Å². The van der Waals surface area contributed by atoms with Crippen molar-refractivity contribution in [1.29, 1.82) is 0 Å². The van der Waals surface area contributed by atoms with Gasteiger partial charge in [0, 0.05) is 29.6 Å². The first-order chi connectivity index (χ1) is 15.8. The number of guanidine groups is 1. The summed E-state index contributed by atoms with van der Waals surface area (Å²) >= 11 is 16.6. The Morgan fingerprint density at radius 3 is 2.33 bits per heavy atom. The minimum Gasteiger partial charge on any atom is -0.396 e. The van der Waals surface area contributed by atoms with Crippen LogP contribution in [0.2, 0.25) is 0 Å². The van der Waals surface area contributed by atoms with E-state index in [2.05, 4.69) is 15.3 Å². The number of hydrogen-bond acceptors (Lipinski definition) is 12. The highest BCUT2D eigenvalue weighted by atomic mass is 35.5. The fraction of sp³-hybridized carbons (Fsp3) is 0.750. The van der Waals surface area contributed by atoms with Crippen molar-refractivity contribution in [2.75, 3.05) is 67.7 Å². The summed E-state index contributed by atoms with van der Waals surface area (Å²) in [6.45, 7) is 0.882. The molecule has 0 saturated carbocycles. The van der Waals surface area contributed by atoms with E-state index in [0.717, 1.165) is 0 Å². The van der Waals surface area contributed by atoms with Crippen molar-refractivity contribution in [2.24, 2.45) is 10.7 Å². The zero-order valence-corrected chi connectivity index (χ0v) is 22.8. The van der Waals surface area contributed by atoms with E-state index in [1.807, 2.05) is 0 Å². The lowest BCUT2D eigenvalue weighted by atomic mass is 10.4. The maximum absolute atomic E-state index is 13.2. The standard InChI is InChI=1S/C16H29ClN5O6PS4/c17-14-13-15(21-16(18)20-14)22(11-19-13)1-4-26-12-29(25,27-5-9-32(30)7-2-23)28-6-10-33(31)8-3-24/h11,14,23-24H,1-10,12H2,(H3,18,20,21). The van der Waals surface area contributed by atoms with Gasteiger partial charge in [0.15, 0.2) is 11.5 Å². The summed E-state index contributed by atoms with van der Waals surface area (Å²) in [4.78, 5) is 8.24. The number of halogens is 1. The number of aliphatic hydroxyl groups excluding tert-OH is 2. The van der Waals surface area contributed by atoms with Crippen molar-refractivity contribution < 1.29 is 28.6 Å². The molecule has 11 nitrogen and oxygen atoms in total. The molecule has 0 amide bonds. The molecule has 190 valence electrons. The summed E-state index contributed by atoms with van der Waals surface area (Å²) < 4.78 is 31.6. The van der Waals surface area contributed by atoms with Gasteiger partial charge < -0.3 is 39.6 Å². The Bertz CT molecular complexity index is 864. The van der Waals surface area contributed by atoms with Crippen molar-refractivity contribution in [3.05, 3.63) is 12.0 Å². The number of ether oxygens (including phenoxy) is 1. The first-order valence-electron chi connectivity index (χ1n) is 9.95. The number of aromatic nitrogens is 2. The van der Waals surface area contributed by atoms with Crippen LogP contribution in [0, 0.1) is 0 Å². The highest BCUT2D eigenvalue weighted by molar-refractivity contribution is 8.29. The fourth-order valence-corrected chi connectivity index (χ4v) is 6.65. The van der Waals surface area contributed by atoms with Crippen molar-refractivity contribution in [1.82, 2.24) is 9.55 Å². The van der Waals surface area contributed by atoms with Crippen LogP contribution in [0.1, 0.15) is 11.2 Å². The number of nitrogens with one attached hydrogen (secondary N) is 1. The van der Waals surface area contributed by atoms with Gasteiger partial charge in [-0.2, -0.15) is 0 Å². The Morgan fingerprint density at radius 1 is 1.15 bits per heavy atom. The molecule has 1 aromatic heterocycles. The summed E-state index contributed by atoms with van der Waals surface area (Å²) in [5.74, 6) is 2.76. The molecule has 1 aromatic rings. The highest BCUT2D eigenvalue weighted by Crippen LogP contribution is 2.48. The molecule has 2 heterocycles. The number of rotatable bonds is 17. The number of fused-ring (bicyclic) bond motifs is 1. The van der Waals surface area contributed by atoms with Crippen molar-refractivity contribution >= 4 is 72.3 Å². The van der Waals surface area contributed by atoms with E-state index in [1.165, 1.54) is 0 Å². The third-order valence-corrected chi connectivity index (χ3v) is 10.6. The normalized spacial score (nSPS) is 19.2. The van der Waals surface area contributed by atoms with Crippen LogP contribution in [0.4, 0.5) is 5.82 Å². The number of nitrogens with two attached hydrogens (primary N) is 1. The molecule has 0 bridgehead atoms. The molecule has 0 spiro atoms. The number of hydrogen-bond donors (Lipinski definition) is 4. The van der Waals surface area contributed by atoms with Gasteiger partial charge >= 0.3 is 7.60 Å². The number of aliphatic hydroxyl groups is 2. The van der Waals surface area contributed by atoms with E-state index < -0.39 is 32.0 Å². The summed E-state index contributed by atoms with van der Waals surface area (Å²) in [5.41, 5.74) is 5.62. The van der Waals surface area contributed by atoms with E-state index in [1.54, 1.807) is 10.9 Å². The number of anilines is 1. The molecule has 33 heavy (non-hydrogen) atoms. The van der Waals surface area contributed by atoms with Gasteiger partial charge in [0.1, 0.15) is 17.9 Å². The smallest absolute Gasteiger partial charge is 0.356 e. The molecule has 0 fully saturated rings. The lowest BCUT2D eigenvalue weighted by Crippen LogP contribution is -2.28. The van der Waals surface area contributed by atoms with Gasteiger partial charge in [-0.3, -0.25) is 4.57 Å². The topological polar surface area (TPSA) is 153 Å². The number of aliphatic imine (C=N–C) groups is 1. The largest absolute Gasteiger partial charge is 0.396 e. The fourth-order valence-electron chi connectivity index (χ4n) is 2.61. The van der Waals surface area contributed by atoms with E-state index in [0.29, 0.717) is 41.1 Å². The highest BCUT2D eigenvalue weighted by Gasteiger charge is 2.26. The van der Waals surface area contributed by atoms with E-state index in [-0.39, 0.29) is 45.3 Å². The van der Waals surface area contributed by atoms with Gasteiger partial charge in [-0.05, 0) is 0 Å². The lowest BCUT2D eigenvalue weighted by Gasteiger charge is -2.20. The molecule has 0 aliphatic carbocycles. The second kappa shape index (κ2) is 15.1. The molecule has 1 aliphatic heterocycles. The molecule has 5 N–H and O–H groups in total. The van der Waals surface area contributed by atoms with Gasteiger partial charge in [0.25, 0.3) is 0 Å². The summed E-state index contributed by atoms with van der Waals surface area (Å²) in [5, 5.41) is 20.9. The molecule has 0 aromatic carbocycles. The molecule has 2 rings (SSSR count). The van der Waals surface area contributed by atoms with Crippen LogP contribution in [-0.4, -0.2) is 88.1 Å². The number of imidazole rings is 1. The van der Waals surface area contributed by atoms with Gasteiger partial charge in [-0.1, -0.05) is 34.0 Å². The second-order valence-corrected chi connectivity index (χ2v) is 15.2. The van der Waals surface area contributed by atoms with Crippen LogP contribution < -0.4 is 11.1 Å². The summed E-state index contributed by atoms with van der Waals surface area (Å²) in [6.07, 6.45) is 1.35. The average molecular weight is 582 g/mol. The monoisotopic (exact) mass is 581 g/mol. The third-order valence-electron chi connectivity index (χ3n) is 4.15. The zero-order valence-electron chi connectivity index (χ0n) is 17.8. The molecule has 0 radical (unpaired) electrons. The predicted octanol–water partition coefficient (Wildman–Crippen LogP) is 0.206. The van der Waals surface area contributed by atoms with Crippen LogP contribution in [0.5, 0.6) is 0 Å². The first kappa shape index (κ1) is 29.2. The summed E-state index contributed by atoms with van der Waals surface area (Å²) in [7, 11) is -4.46. The predicted molar refractivity (Wildman–Crippen MR) is 139 cm³/mol. The Kier molecular flexibility index (Phi) is 13.4. The first-order valence-corrected chi connectivity index (χ1v) is 17.1. The Labute approximate surface area is 212 Å². The maximum atomic E-state index is 13.2. The molecule has 3 atom stereocenters. The Hall–Kier alpha value is -0.0600. The van der Waals surface area contributed by atoms with Crippen molar-refractivity contribution in [2.45, 2.75) is 12.0 Å². The van der Waals surface area contributed by atoms with Gasteiger partial charge in [-0.25, -0.2) is 9.98 Å². The van der Waals surface area contributed by atoms with Crippen LogP contribution in [0.15, 0.2) is 11.3 Å². The van der Waals surface area contributed by atoms with Gasteiger partial charge in [-0.15, -0.1) is 18.9 Å². The zero-order chi connectivity index (χ0) is 24.3. The van der Waals surface area contributed by atoms with Gasteiger partial charge in [0.05, 0.1) is 39.4 Å². The molecule has 3 unspecified atom stereocenters. The average Bonchev–Trinajstić information content (AvgIpc) is 3.15. The lowest BCUT2D eigenvalue weighted by molar-refractivity contribution is 0.127. The van der Waals surface area contributed by atoms with Crippen LogP contribution in [-0.2, 0) is 66.2 Å². The third kappa shape index (κ3) is 10.2. The van der Waals surface area contributed by atoms with Crippen LogP contribution >= 0.6 is 19.2 Å². The molecule has 0 saturated heterocycles.